The lowest BCUT2D eigenvalue weighted by atomic mass is 10.0. The molecule has 1 fully saturated rings. The van der Waals surface area contributed by atoms with E-state index in [4.69, 9.17) is 4.74 Å². The van der Waals surface area contributed by atoms with E-state index in [-0.39, 0.29) is 24.8 Å². The van der Waals surface area contributed by atoms with Crippen LogP contribution in [0, 0.1) is 34.6 Å². The van der Waals surface area contributed by atoms with E-state index in [9.17, 15) is 13.2 Å². The van der Waals surface area contributed by atoms with Crippen molar-refractivity contribution in [2.45, 2.75) is 65.0 Å². The van der Waals surface area contributed by atoms with E-state index in [2.05, 4.69) is 4.98 Å². The topological polar surface area (TPSA) is 79.5 Å². The number of fused-ring (bicyclic) bond motifs is 1. The molecule has 0 spiro atoms. The van der Waals surface area contributed by atoms with Crippen LogP contribution in [0.25, 0.3) is 10.9 Å². The van der Waals surface area contributed by atoms with Crippen LogP contribution in [0.3, 0.4) is 0 Å². The van der Waals surface area contributed by atoms with Crippen LogP contribution in [-0.4, -0.2) is 37.0 Å². The molecule has 0 bridgehead atoms. The Hall–Kier alpha value is -2.48. The van der Waals surface area contributed by atoms with Gasteiger partial charge in [-0.1, -0.05) is 29.8 Å². The molecule has 3 aromatic rings. The van der Waals surface area contributed by atoms with E-state index >= 15 is 0 Å². The molecule has 2 heterocycles. The van der Waals surface area contributed by atoms with E-state index in [0.29, 0.717) is 28.2 Å². The summed E-state index contributed by atoms with van der Waals surface area (Å²) < 4.78 is 35.0. The van der Waals surface area contributed by atoms with Crippen molar-refractivity contribution in [3.63, 3.8) is 0 Å². The van der Waals surface area contributed by atoms with E-state index in [1.54, 1.807) is 0 Å². The molecule has 33 heavy (non-hydrogen) atoms. The molecule has 0 saturated carbocycles. The number of aromatic nitrogens is 1. The number of aromatic amines is 1. The van der Waals surface area contributed by atoms with Gasteiger partial charge in [0.05, 0.1) is 16.5 Å². The predicted octanol–water partition coefficient (Wildman–Crippen LogP) is 4.44. The average molecular weight is 469 g/mol. The van der Waals surface area contributed by atoms with Gasteiger partial charge >= 0.3 is 0 Å². The first-order valence-electron chi connectivity index (χ1n) is 11.4. The summed E-state index contributed by atoms with van der Waals surface area (Å²) in [5.74, 6) is 0. The molecule has 1 atom stereocenters. The highest BCUT2D eigenvalue weighted by atomic mass is 32.2. The Morgan fingerprint density at radius 2 is 1.73 bits per heavy atom. The molecular weight excluding hydrogens is 436 g/mol. The number of H-pyrrole nitrogens is 1. The SMILES string of the molecule is Cc1cc(C)c(S(=O)(=O)N(Cc2cc3ccc(C)c(C)c3[nH]c2=O)C[C@H]2CCCO2)c(C)c1. The van der Waals surface area contributed by atoms with E-state index in [1.807, 2.05) is 65.0 Å². The van der Waals surface area contributed by atoms with Gasteiger partial charge < -0.3 is 9.72 Å². The highest BCUT2D eigenvalue weighted by Crippen LogP contribution is 2.28. The van der Waals surface area contributed by atoms with Gasteiger partial charge in [0.25, 0.3) is 5.56 Å². The van der Waals surface area contributed by atoms with Gasteiger partial charge in [0.1, 0.15) is 0 Å². The lowest BCUT2D eigenvalue weighted by Crippen LogP contribution is -2.39. The fraction of sp³-hybridized carbons (Fsp3) is 0.423. The van der Waals surface area contributed by atoms with Crippen molar-refractivity contribution >= 4 is 20.9 Å². The number of benzene rings is 2. The molecule has 0 aliphatic carbocycles. The van der Waals surface area contributed by atoms with Crippen LogP contribution in [0.2, 0.25) is 0 Å². The lowest BCUT2D eigenvalue weighted by Gasteiger charge is -2.26. The third-order valence-electron chi connectivity index (χ3n) is 6.61. The third-order valence-corrected chi connectivity index (χ3v) is 8.73. The van der Waals surface area contributed by atoms with Crippen molar-refractivity contribution in [3.05, 3.63) is 74.1 Å². The Labute approximate surface area is 195 Å². The van der Waals surface area contributed by atoms with Crippen molar-refractivity contribution < 1.29 is 13.2 Å². The summed E-state index contributed by atoms with van der Waals surface area (Å²) in [6.07, 6.45) is 1.55. The van der Waals surface area contributed by atoms with Crippen LogP contribution in [0.5, 0.6) is 0 Å². The number of hydrogen-bond donors (Lipinski definition) is 1. The number of rotatable bonds is 6. The fourth-order valence-corrected chi connectivity index (χ4v) is 6.70. The van der Waals surface area contributed by atoms with Gasteiger partial charge in [-0.05, 0) is 81.2 Å². The molecule has 1 N–H and O–H groups in total. The highest BCUT2D eigenvalue weighted by Gasteiger charge is 2.32. The van der Waals surface area contributed by atoms with Crippen molar-refractivity contribution in [1.82, 2.24) is 9.29 Å². The molecule has 176 valence electrons. The zero-order valence-electron chi connectivity index (χ0n) is 20.0. The molecule has 1 aliphatic heterocycles. The molecule has 0 unspecified atom stereocenters. The molecule has 6 nitrogen and oxygen atoms in total. The molecule has 7 heteroatoms. The first-order chi connectivity index (χ1) is 15.6. The summed E-state index contributed by atoms with van der Waals surface area (Å²) in [5, 5.41) is 0.893. The number of hydrogen-bond acceptors (Lipinski definition) is 4. The largest absolute Gasteiger partial charge is 0.377 e. The van der Waals surface area contributed by atoms with E-state index in [0.717, 1.165) is 40.4 Å². The number of sulfonamides is 1. The van der Waals surface area contributed by atoms with E-state index in [1.165, 1.54) is 4.31 Å². The normalized spacial score (nSPS) is 16.7. The molecule has 1 aromatic heterocycles. The number of ether oxygens (including phenoxy) is 1. The van der Waals surface area contributed by atoms with Crippen molar-refractivity contribution in [1.29, 1.82) is 0 Å². The highest BCUT2D eigenvalue weighted by molar-refractivity contribution is 7.89. The maximum atomic E-state index is 13.9. The number of pyridine rings is 1. The van der Waals surface area contributed by atoms with Gasteiger partial charge in [0, 0.05) is 25.3 Å². The van der Waals surface area contributed by atoms with Crippen LogP contribution >= 0.6 is 0 Å². The first-order valence-corrected chi connectivity index (χ1v) is 12.8. The summed E-state index contributed by atoms with van der Waals surface area (Å²) in [5.41, 5.74) is 5.51. The minimum Gasteiger partial charge on any atom is -0.377 e. The van der Waals surface area contributed by atoms with Crippen molar-refractivity contribution in [2.75, 3.05) is 13.2 Å². The maximum absolute atomic E-state index is 13.9. The van der Waals surface area contributed by atoms with E-state index < -0.39 is 10.0 Å². The van der Waals surface area contributed by atoms with Crippen LogP contribution in [0.15, 0.2) is 40.0 Å². The Morgan fingerprint density at radius 1 is 1.03 bits per heavy atom. The monoisotopic (exact) mass is 468 g/mol. The predicted molar refractivity (Wildman–Crippen MR) is 131 cm³/mol. The van der Waals surface area contributed by atoms with Crippen LogP contribution in [0.4, 0.5) is 0 Å². The molecule has 4 rings (SSSR count). The summed E-state index contributed by atoms with van der Waals surface area (Å²) in [6.45, 7) is 10.4. The van der Waals surface area contributed by atoms with Crippen LogP contribution in [-0.2, 0) is 21.3 Å². The average Bonchev–Trinajstić information content (AvgIpc) is 3.23. The third kappa shape index (κ3) is 4.63. The minimum absolute atomic E-state index is 0.00680. The smallest absolute Gasteiger partial charge is 0.252 e. The van der Waals surface area contributed by atoms with Gasteiger partial charge in [-0.15, -0.1) is 0 Å². The van der Waals surface area contributed by atoms with Crippen LogP contribution < -0.4 is 5.56 Å². The second kappa shape index (κ2) is 9.05. The maximum Gasteiger partial charge on any atom is 0.252 e. The summed E-state index contributed by atoms with van der Waals surface area (Å²) in [6, 6.07) is 9.56. The lowest BCUT2D eigenvalue weighted by molar-refractivity contribution is 0.0925. The summed E-state index contributed by atoms with van der Waals surface area (Å²) in [7, 11) is -3.85. The fourth-order valence-electron chi connectivity index (χ4n) is 4.84. The van der Waals surface area contributed by atoms with Crippen molar-refractivity contribution in [3.8, 4) is 0 Å². The van der Waals surface area contributed by atoms with Gasteiger partial charge in [-0.3, -0.25) is 4.79 Å². The molecule has 1 aliphatic rings. The molecule has 2 aromatic carbocycles. The zero-order chi connectivity index (χ0) is 23.9. The second-order valence-corrected chi connectivity index (χ2v) is 11.1. The minimum atomic E-state index is -3.85. The van der Waals surface area contributed by atoms with Gasteiger partial charge in [-0.25, -0.2) is 8.42 Å². The first kappa shape index (κ1) is 23.7. The standard InChI is InChI=1S/C26H32N2O4S/c1-16-11-18(3)25(19(4)12-16)33(30,31)28(15-23-7-6-10-32-23)14-22-13-21-9-8-17(2)20(5)24(21)27-26(22)29/h8-9,11-13,23H,6-7,10,14-15H2,1-5H3,(H,27,29)/t23-/m1/s1. The van der Waals surface area contributed by atoms with Gasteiger partial charge in [0.15, 0.2) is 0 Å². The van der Waals surface area contributed by atoms with Gasteiger partial charge in [0.2, 0.25) is 10.0 Å². The number of aryl methyl sites for hydroxylation is 5. The van der Waals surface area contributed by atoms with Gasteiger partial charge in [-0.2, -0.15) is 4.31 Å². The summed E-state index contributed by atoms with van der Waals surface area (Å²) >= 11 is 0. The second-order valence-electron chi connectivity index (χ2n) is 9.26. The molecule has 0 radical (unpaired) electrons. The Bertz CT molecular complexity index is 1350. The summed E-state index contributed by atoms with van der Waals surface area (Å²) in [4.78, 5) is 16.3. The van der Waals surface area contributed by atoms with Crippen LogP contribution in [0.1, 0.15) is 46.2 Å². The zero-order valence-corrected chi connectivity index (χ0v) is 20.8. The molecule has 1 saturated heterocycles. The Morgan fingerprint density at radius 3 is 2.36 bits per heavy atom. The molecule has 0 amide bonds. The Balaban J connectivity index is 1.79. The van der Waals surface area contributed by atoms with Crippen molar-refractivity contribution in [2.24, 2.45) is 0 Å². The number of nitrogens with zero attached hydrogens (tertiary/aromatic N) is 1. The Kier molecular flexibility index (Phi) is 6.49. The quantitative estimate of drug-likeness (QED) is 0.580. The molecular formula is C26H32N2O4S. The number of nitrogens with one attached hydrogen (secondary N) is 1.